The third-order valence-corrected chi connectivity index (χ3v) is 7.66. The Hall–Kier alpha value is -2.38. The summed E-state index contributed by atoms with van der Waals surface area (Å²) >= 11 is 2.22. The lowest BCUT2D eigenvalue weighted by atomic mass is 9.86. The van der Waals surface area contributed by atoms with Crippen molar-refractivity contribution in [1.82, 2.24) is 10.2 Å². The third-order valence-electron chi connectivity index (χ3n) is 4.57. The Labute approximate surface area is 194 Å². The number of hydrogen-bond donors (Lipinski definition) is 1. The van der Waals surface area contributed by atoms with Gasteiger partial charge in [0.15, 0.2) is 10.4 Å². The molecule has 0 saturated heterocycles. The fourth-order valence-electron chi connectivity index (χ4n) is 2.85. The lowest BCUT2D eigenvalue weighted by Gasteiger charge is -2.35. The summed E-state index contributed by atoms with van der Waals surface area (Å²) in [5.41, 5.74) is 1.16. The fraction of sp³-hybridized carbons (Fsp3) is 0.474. The lowest BCUT2D eigenvalue weighted by Crippen LogP contribution is -2.48. The number of thioether (sulfide) groups is 1. The number of nitrogens with zero attached hydrogens (tertiary/aromatic N) is 3. The number of anilines is 2. The summed E-state index contributed by atoms with van der Waals surface area (Å²) < 4.78 is 37.0. The first kappa shape index (κ1) is 24.3. The van der Waals surface area contributed by atoms with Gasteiger partial charge in [0, 0.05) is 0 Å². The van der Waals surface area contributed by atoms with Gasteiger partial charge in [0.05, 0.1) is 31.4 Å². The predicted octanol–water partition coefficient (Wildman–Crippen LogP) is 2.27. The molecule has 1 N–H and O–H groups in total. The van der Waals surface area contributed by atoms with Crippen LogP contribution in [-0.4, -0.2) is 62.3 Å². The fourth-order valence-corrected chi connectivity index (χ4v) is 5.35. The first-order chi connectivity index (χ1) is 14.9. The number of methoxy groups -OCH3 is 1. The highest BCUT2D eigenvalue weighted by Crippen LogP contribution is 2.38. The van der Waals surface area contributed by atoms with E-state index in [1.807, 2.05) is 26.8 Å². The standard InChI is InChI=1S/C19H24N4O6S3/c1-19(2,3)11-6-7-13-12(8-11)23(32(5,26)27)9-14(29-13)16(25)20-17-21-22-18(31-17)30-10-15(24)28-4/h6-8,14H,9-10H2,1-5H3,(H,20,21,25). The van der Waals surface area contributed by atoms with Crippen LogP contribution < -0.4 is 14.4 Å². The van der Waals surface area contributed by atoms with E-state index in [2.05, 4.69) is 20.3 Å². The molecule has 10 nitrogen and oxygen atoms in total. The molecule has 0 aliphatic carbocycles. The zero-order chi connectivity index (χ0) is 23.7. The van der Waals surface area contributed by atoms with E-state index in [-0.39, 0.29) is 22.8 Å². The van der Waals surface area contributed by atoms with Gasteiger partial charge in [0.2, 0.25) is 15.2 Å². The van der Waals surface area contributed by atoms with Crippen molar-refractivity contribution in [3.63, 3.8) is 0 Å². The molecule has 3 rings (SSSR count). The van der Waals surface area contributed by atoms with E-state index < -0.39 is 28.0 Å². The van der Waals surface area contributed by atoms with Crippen molar-refractivity contribution in [2.24, 2.45) is 0 Å². The van der Waals surface area contributed by atoms with Gasteiger partial charge in [-0.2, -0.15) is 0 Å². The monoisotopic (exact) mass is 500 g/mol. The van der Waals surface area contributed by atoms with E-state index in [1.165, 1.54) is 11.4 Å². The number of sulfonamides is 1. The average molecular weight is 501 g/mol. The largest absolute Gasteiger partial charge is 0.476 e. The summed E-state index contributed by atoms with van der Waals surface area (Å²) in [5.74, 6) is -0.576. The van der Waals surface area contributed by atoms with Crippen LogP contribution in [0.1, 0.15) is 26.3 Å². The van der Waals surface area contributed by atoms with Gasteiger partial charge in [-0.1, -0.05) is 49.9 Å². The number of ether oxygens (including phenoxy) is 2. The molecular formula is C19H24N4O6S3. The SMILES string of the molecule is COC(=O)CSc1nnc(NC(=O)C2CN(S(C)(=O)=O)c3cc(C(C)(C)C)ccc3O2)s1. The van der Waals surface area contributed by atoms with E-state index in [0.717, 1.165) is 34.9 Å². The highest BCUT2D eigenvalue weighted by atomic mass is 32.2. The smallest absolute Gasteiger partial charge is 0.316 e. The zero-order valence-electron chi connectivity index (χ0n) is 18.2. The minimum absolute atomic E-state index is 0.0709. The van der Waals surface area contributed by atoms with Crippen LogP contribution in [0.5, 0.6) is 5.75 Å². The van der Waals surface area contributed by atoms with Gasteiger partial charge in [0.1, 0.15) is 5.75 Å². The molecule has 1 aliphatic rings. The number of aromatic nitrogens is 2. The number of hydrogen-bond acceptors (Lipinski definition) is 10. The summed E-state index contributed by atoms with van der Waals surface area (Å²) in [6.07, 6.45) is 0.0175. The summed E-state index contributed by atoms with van der Waals surface area (Å²) in [6.45, 7) is 5.91. The predicted molar refractivity (Wildman–Crippen MR) is 123 cm³/mol. The second-order valence-electron chi connectivity index (χ2n) is 8.06. The zero-order valence-corrected chi connectivity index (χ0v) is 20.7. The van der Waals surface area contributed by atoms with E-state index in [0.29, 0.717) is 15.8 Å². The maximum absolute atomic E-state index is 12.8. The van der Waals surface area contributed by atoms with Crippen LogP contribution >= 0.6 is 23.1 Å². The summed E-state index contributed by atoms with van der Waals surface area (Å²) in [6, 6.07) is 5.31. The molecule has 174 valence electrons. The van der Waals surface area contributed by atoms with Crippen LogP contribution in [0, 0.1) is 0 Å². The number of carbonyl (C=O) groups is 2. The summed E-state index contributed by atoms with van der Waals surface area (Å²) in [7, 11) is -2.36. The summed E-state index contributed by atoms with van der Waals surface area (Å²) in [5, 5.41) is 10.6. The van der Waals surface area contributed by atoms with Crippen molar-refractivity contribution in [3.8, 4) is 5.75 Å². The maximum Gasteiger partial charge on any atom is 0.316 e. The van der Waals surface area contributed by atoms with E-state index in [9.17, 15) is 18.0 Å². The van der Waals surface area contributed by atoms with Crippen LogP contribution in [0.25, 0.3) is 0 Å². The Bertz CT molecular complexity index is 1130. The van der Waals surface area contributed by atoms with Crippen LogP contribution in [0.4, 0.5) is 10.8 Å². The number of fused-ring (bicyclic) bond motifs is 1. The third kappa shape index (κ3) is 5.70. The first-order valence-corrected chi connectivity index (χ1v) is 13.2. The molecule has 13 heteroatoms. The van der Waals surface area contributed by atoms with Gasteiger partial charge in [-0.25, -0.2) is 8.42 Å². The molecule has 1 aromatic heterocycles. The Morgan fingerprint density at radius 2 is 2.06 bits per heavy atom. The Balaban J connectivity index is 1.78. The Morgan fingerprint density at radius 3 is 2.69 bits per heavy atom. The summed E-state index contributed by atoms with van der Waals surface area (Å²) in [4.78, 5) is 24.0. The van der Waals surface area contributed by atoms with Crippen LogP contribution in [-0.2, 0) is 29.8 Å². The lowest BCUT2D eigenvalue weighted by molar-refractivity contribution is -0.137. The van der Waals surface area contributed by atoms with Gasteiger partial charge >= 0.3 is 5.97 Å². The van der Waals surface area contributed by atoms with E-state index >= 15 is 0 Å². The van der Waals surface area contributed by atoms with Gasteiger partial charge in [-0.15, -0.1) is 10.2 Å². The molecule has 0 fully saturated rings. The number of amides is 1. The van der Waals surface area contributed by atoms with Gasteiger partial charge in [0.25, 0.3) is 5.91 Å². The van der Waals surface area contributed by atoms with Crippen molar-refractivity contribution in [1.29, 1.82) is 0 Å². The highest BCUT2D eigenvalue weighted by molar-refractivity contribution is 8.01. The molecule has 32 heavy (non-hydrogen) atoms. The van der Waals surface area contributed by atoms with E-state index in [1.54, 1.807) is 12.1 Å². The Kier molecular flexibility index (Phi) is 7.00. The second-order valence-corrected chi connectivity index (χ2v) is 12.2. The topological polar surface area (TPSA) is 128 Å². The molecule has 1 aliphatic heterocycles. The maximum atomic E-state index is 12.8. The number of nitrogens with one attached hydrogen (secondary N) is 1. The molecular weight excluding hydrogens is 476 g/mol. The molecule has 1 amide bonds. The van der Waals surface area contributed by atoms with Gasteiger partial charge in [-0.05, 0) is 23.1 Å². The number of esters is 1. The van der Waals surface area contributed by atoms with Crippen LogP contribution in [0.2, 0.25) is 0 Å². The highest BCUT2D eigenvalue weighted by Gasteiger charge is 2.36. The van der Waals surface area contributed by atoms with Gasteiger partial charge in [-0.3, -0.25) is 19.2 Å². The van der Waals surface area contributed by atoms with Crippen LogP contribution in [0.15, 0.2) is 22.5 Å². The first-order valence-electron chi connectivity index (χ1n) is 9.51. The quantitative estimate of drug-likeness (QED) is 0.361. The normalized spacial score (nSPS) is 16.2. The van der Waals surface area contributed by atoms with E-state index in [4.69, 9.17) is 4.74 Å². The average Bonchev–Trinajstić information content (AvgIpc) is 3.16. The van der Waals surface area contributed by atoms with Crippen LogP contribution in [0.3, 0.4) is 0 Å². The molecule has 2 heterocycles. The molecule has 1 aromatic carbocycles. The Morgan fingerprint density at radius 1 is 1.34 bits per heavy atom. The second kappa shape index (κ2) is 9.24. The number of rotatable bonds is 6. The minimum Gasteiger partial charge on any atom is -0.476 e. The molecule has 0 saturated carbocycles. The number of benzene rings is 1. The van der Waals surface area contributed by atoms with Gasteiger partial charge < -0.3 is 9.47 Å². The van der Waals surface area contributed by atoms with Crippen molar-refractivity contribution in [2.45, 2.75) is 36.6 Å². The number of carbonyl (C=O) groups excluding carboxylic acids is 2. The van der Waals surface area contributed by atoms with Crippen molar-refractivity contribution in [3.05, 3.63) is 23.8 Å². The molecule has 1 atom stereocenters. The molecule has 0 bridgehead atoms. The van der Waals surface area contributed by atoms with Crippen molar-refractivity contribution in [2.75, 3.05) is 35.3 Å². The minimum atomic E-state index is -3.65. The van der Waals surface area contributed by atoms with Crippen molar-refractivity contribution < 1.29 is 27.5 Å². The molecule has 1 unspecified atom stereocenters. The molecule has 0 spiro atoms. The molecule has 0 radical (unpaired) electrons. The van der Waals surface area contributed by atoms with Crippen molar-refractivity contribution >= 4 is 55.8 Å². The molecule has 2 aromatic rings.